The van der Waals surface area contributed by atoms with Gasteiger partial charge in [0.1, 0.15) is 5.75 Å². The minimum Gasteiger partial charge on any atom is -0.497 e. The quantitative estimate of drug-likeness (QED) is 0.915. The van der Waals surface area contributed by atoms with Crippen molar-refractivity contribution in [1.29, 1.82) is 0 Å². The molecule has 1 aromatic rings. The standard InChI is InChI=1S/C16H24N2O2/c1-12-4-7-14(10-17-12)16(19)18(2)11-13-5-8-15(20-3)9-6-13/h5-6,8-9,12,14,17H,4,7,10-11H2,1-3H3. The van der Waals surface area contributed by atoms with Gasteiger partial charge in [-0.2, -0.15) is 0 Å². The van der Waals surface area contributed by atoms with Gasteiger partial charge in [0.05, 0.1) is 13.0 Å². The molecule has 4 nitrogen and oxygen atoms in total. The monoisotopic (exact) mass is 276 g/mol. The van der Waals surface area contributed by atoms with E-state index in [-0.39, 0.29) is 11.8 Å². The van der Waals surface area contributed by atoms with Crippen molar-refractivity contribution in [2.24, 2.45) is 5.92 Å². The maximum Gasteiger partial charge on any atom is 0.227 e. The van der Waals surface area contributed by atoms with Crippen LogP contribution >= 0.6 is 0 Å². The molecule has 1 N–H and O–H groups in total. The topological polar surface area (TPSA) is 41.6 Å². The molecule has 20 heavy (non-hydrogen) atoms. The zero-order valence-electron chi connectivity index (χ0n) is 12.6. The van der Waals surface area contributed by atoms with Crippen LogP contribution in [0.15, 0.2) is 24.3 Å². The van der Waals surface area contributed by atoms with Gasteiger partial charge in [0, 0.05) is 26.2 Å². The second-order valence-electron chi connectivity index (χ2n) is 5.63. The van der Waals surface area contributed by atoms with Crippen molar-refractivity contribution in [2.45, 2.75) is 32.4 Å². The van der Waals surface area contributed by atoms with E-state index in [1.807, 2.05) is 36.2 Å². The first-order valence-electron chi connectivity index (χ1n) is 7.21. The van der Waals surface area contributed by atoms with E-state index in [9.17, 15) is 4.79 Å². The third kappa shape index (κ3) is 3.73. The summed E-state index contributed by atoms with van der Waals surface area (Å²) in [5, 5.41) is 3.38. The molecule has 2 unspecified atom stereocenters. The predicted molar refractivity (Wildman–Crippen MR) is 79.7 cm³/mol. The fraction of sp³-hybridized carbons (Fsp3) is 0.562. The molecule has 4 heteroatoms. The first kappa shape index (κ1) is 14.9. The average molecular weight is 276 g/mol. The Bertz CT molecular complexity index is 436. The molecule has 1 heterocycles. The van der Waals surface area contributed by atoms with E-state index in [4.69, 9.17) is 4.74 Å². The van der Waals surface area contributed by atoms with Gasteiger partial charge in [-0.25, -0.2) is 0 Å². The summed E-state index contributed by atoms with van der Waals surface area (Å²) in [5.41, 5.74) is 1.12. The molecular formula is C16H24N2O2. The predicted octanol–water partition coefficient (Wildman–Crippen LogP) is 2.04. The highest BCUT2D eigenvalue weighted by molar-refractivity contribution is 5.79. The van der Waals surface area contributed by atoms with Crippen molar-refractivity contribution in [3.63, 3.8) is 0 Å². The van der Waals surface area contributed by atoms with Gasteiger partial charge in [-0.3, -0.25) is 4.79 Å². The Morgan fingerprint density at radius 1 is 1.35 bits per heavy atom. The van der Waals surface area contributed by atoms with Gasteiger partial charge in [0.15, 0.2) is 0 Å². The van der Waals surface area contributed by atoms with Crippen molar-refractivity contribution in [3.05, 3.63) is 29.8 Å². The Morgan fingerprint density at radius 2 is 2.05 bits per heavy atom. The number of carbonyl (C=O) groups excluding carboxylic acids is 1. The molecule has 0 aliphatic carbocycles. The number of rotatable bonds is 4. The van der Waals surface area contributed by atoms with E-state index < -0.39 is 0 Å². The van der Waals surface area contributed by atoms with E-state index in [0.29, 0.717) is 12.6 Å². The summed E-state index contributed by atoms with van der Waals surface area (Å²) in [6.45, 7) is 3.61. The lowest BCUT2D eigenvalue weighted by Crippen LogP contribution is -2.44. The molecule has 1 aromatic carbocycles. The lowest BCUT2D eigenvalue weighted by Gasteiger charge is -2.30. The van der Waals surface area contributed by atoms with Gasteiger partial charge in [-0.05, 0) is 37.5 Å². The van der Waals surface area contributed by atoms with E-state index in [1.165, 1.54) is 0 Å². The molecule has 2 rings (SSSR count). The van der Waals surface area contributed by atoms with Crippen molar-refractivity contribution in [2.75, 3.05) is 20.7 Å². The van der Waals surface area contributed by atoms with Crippen molar-refractivity contribution in [3.8, 4) is 5.75 Å². The number of hydrogen-bond donors (Lipinski definition) is 1. The van der Waals surface area contributed by atoms with Crippen LogP contribution in [0.25, 0.3) is 0 Å². The third-order valence-corrected chi connectivity index (χ3v) is 3.97. The molecule has 0 saturated carbocycles. The van der Waals surface area contributed by atoms with Crippen LogP contribution in [0.1, 0.15) is 25.3 Å². The van der Waals surface area contributed by atoms with Gasteiger partial charge >= 0.3 is 0 Å². The number of hydrogen-bond acceptors (Lipinski definition) is 3. The highest BCUT2D eigenvalue weighted by atomic mass is 16.5. The molecule has 1 amide bonds. The lowest BCUT2D eigenvalue weighted by molar-refractivity contribution is -0.135. The first-order valence-corrected chi connectivity index (χ1v) is 7.21. The van der Waals surface area contributed by atoms with Gasteiger partial charge in [0.25, 0.3) is 0 Å². The normalized spacial score (nSPS) is 22.4. The SMILES string of the molecule is COc1ccc(CN(C)C(=O)C2CCC(C)NC2)cc1. The number of nitrogens with zero attached hydrogens (tertiary/aromatic N) is 1. The summed E-state index contributed by atoms with van der Waals surface area (Å²) >= 11 is 0. The molecule has 1 fully saturated rings. The molecular weight excluding hydrogens is 252 g/mol. The van der Waals surface area contributed by atoms with E-state index >= 15 is 0 Å². The van der Waals surface area contributed by atoms with Gasteiger partial charge in [-0.15, -0.1) is 0 Å². The fourth-order valence-corrected chi connectivity index (χ4v) is 2.60. The maximum atomic E-state index is 12.4. The zero-order valence-corrected chi connectivity index (χ0v) is 12.6. The molecule has 110 valence electrons. The number of amides is 1. The second-order valence-corrected chi connectivity index (χ2v) is 5.63. The molecule has 1 saturated heterocycles. The molecule has 0 radical (unpaired) electrons. The van der Waals surface area contributed by atoms with Crippen LogP contribution in [0.4, 0.5) is 0 Å². The van der Waals surface area contributed by atoms with Crippen LogP contribution in [0.2, 0.25) is 0 Å². The average Bonchev–Trinajstić information content (AvgIpc) is 2.48. The highest BCUT2D eigenvalue weighted by Gasteiger charge is 2.26. The zero-order chi connectivity index (χ0) is 14.5. The minimum atomic E-state index is 0.120. The Balaban J connectivity index is 1.89. The smallest absolute Gasteiger partial charge is 0.227 e. The molecule has 0 bridgehead atoms. The summed E-state index contributed by atoms with van der Waals surface area (Å²) in [7, 11) is 3.53. The summed E-state index contributed by atoms with van der Waals surface area (Å²) in [6.07, 6.45) is 2.06. The number of nitrogens with one attached hydrogen (secondary N) is 1. The molecule has 2 atom stereocenters. The molecule has 1 aliphatic rings. The Labute approximate surface area is 121 Å². The highest BCUT2D eigenvalue weighted by Crippen LogP contribution is 2.18. The van der Waals surface area contributed by atoms with Crippen LogP contribution < -0.4 is 10.1 Å². The van der Waals surface area contributed by atoms with E-state index in [2.05, 4.69) is 12.2 Å². The third-order valence-electron chi connectivity index (χ3n) is 3.97. The first-order chi connectivity index (χ1) is 9.60. The largest absolute Gasteiger partial charge is 0.497 e. The second kappa shape index (κ2) is 6.75. The van der Waals surface area contributed by atoms with Gasteiger partial charge in [0.2, 0.25) is 5.91 Å². The molecule has 0 aromatic heterocycles. The Kier molecular flexibility index (Phi) is 5.01. The van der Waals surface area contributed by atoms with Crippen LogP contribution in [0.5, 0.6) is 5.75 Å². The van der Waals surface area contributed by atoms with E-state index in [0.717, 1.165) is 30.7 Å². The number of carbonyl (C=O) groups is 1. The maximum absolute atomic E-state index is 12.4. The number of piperidine rings is 1. The van der Waals surface area contributed by atoms with Gasteiger partial charge < -0.3 is 15.0 Å². The minimum absolute atomic E-state index is 0.120. The number of ether oxygens (including phenoxy) is 1. The summed E-state index contributed by atoms with van der Waals surface area (Å²) in [4.78, 5) is 14.2. The van der Waals surface area contributed by atoms with Crippen LogP contribution in [-0.4, -0.2) is 37.6 Å². The lowest BCUT2D eigenvalue weighted by atomic mass is 9.94. The van der Waals surface area contributed by atoms with Crippen molar-refractivity contribution >= 4 is 5.91 Å². The Morgan fingerprint density at radius 3 is 2.60 bits per heavy atom. The summed E-state index contributed by atoms with van der Waals surface area (Å²) < 4.78 is 5.14. The fourth-order valence-electron chi connectivity index (χ4n) is 2.60. The van der Waals surface area contributed by atoms with Gasteiger partial charge in [-0.1, -0.05) is 12.1 Å². The molecule has 1 aliphatic heterocycles. The van der Waals surface area contributed by atoms with Crippen molar-refractivity contribution < 1.29 is 9.53 Å². The van der Waals surface area contributed by atoms with E-state index in [1.54, 1.807) is 7.11 Å². The molecule has 0 spiro atoms. The van der Waals surface area contributed by atoms with Crippen LogP contribution in [-0.2, 0) is 11.3 Å². The Hall–Kier alpha value is -1.55. The van der Waals surface area contributed by atoms with Crippen LogP contribution in [0.3, 0.4) is 0 Å². The van der Waals surface area contributed by atoms with Crippen molar-refractivity contribution in [1.82, 2.24) is 10.2 Å². The summed E-state index contributed by atoms with van der Waals surface area (Å²) in [6, 6.07) is 8.40. The number of benzene rings is 1. The summed E-state index contributed by atoms with van der Waals surface area (Å²) in [5.74, 6) is 1.20. The number of methoxy groups -OCH3 is 1. The van der Waals surface area contributed by atoms with Crippen LogP contribution in [0, 0.1) is 5.92 Å².